The van der Waals surface area contributed by atoms with E-state index < -0.39 is 0 Å². The minimum atomic E-state index is -0.285. The summed E-state index contributed by atoms with van der Waals surface area (Å²) in [6.07, 6.45) is 2.51. The van der Waals surface area contributed by atoms with E-state index in [1.807, 2.05) is 4.90 Å². The average Bonchev–Trinajstić information content (AvgIpc) is 2.47. The monoisotopic (exact) mass is 295 g/mol. The van der Waals surface area contributed by atoms with Crippen LogP contribution >= 0.6 is 11.8 Å². The van der Waals surface area contributed by atoms with Crippen molar-refractivity contribution in [3.8, 4) is 0 Å². The third-order valence-corrected chi connectivity index (χ3v) is 4.99. The summed E-state index contributed by atoms with van der Waals surface area (Å²) in [6, 6.07) is 1.42. The number of carbonyl (C=O) groups is 1. The highest BCUT2D eigenvalue weighted by atomic mass is 32.2. The van der Waals surface area contributed by atoms with Crippen LogP contribution in [-0.2, 0) is 11.3 Å². The third-order valence-electron chi connectivity index (χ3n) is 3.84. The van der Waals surface area contributed by atoms with Gasteiger partial charge in [-0.05, 0) is 12.8 Å². The summed E-state index contributed by atoms with van der Waals surface area (Å²) in [6.45, 7) is 1.62. The van der Waals surface area contributed by atoms with Crippen LogP contribution in [0.1, 0.15) is 12.8 Å². The number of thioether (sulfide) groups is 1. The molecule has 20 heavy (non-hydrogen) atoms. The Bertz CT molecular complexity index is 566. The molecule has 7 heteroatoms. The van der Waals surface area contributed by atoms with Crippen molar-refractivity contribution in [2.24, 2.45) is 5.92 Å². The summed E-state index contributed by atoms with van der Waals surface area (Å²) < 4.78 is 1.58. The molecule has 1 unspecified atom stereocenters. The van der Waals surface area contributed by atoms with Crippen molar-refractivity contribution in [1.82, 2.24) is 14.5 Å². The van der Waals surface area contributed by atoms with E-state index in [1.54, 1.807) is 4.57 Å². The number of aliphatic hydroxyl groups is 1. The molecule has 2 aliphatic rings. The van der Waals surface area contributed by atoms with Crippen LogP contribution in [0.3, 0.4) is 0 Å². The Morgan fingerprint density at radius 2 is 2.15 bits per heavy atom. The highest BCUT2D eigenvalue weighted by Crippen LogP contribution is 2.26. The molecule has 3 heterocycles. The highest BCUT2D eigenvalue weighted by molar-refractivity contribution is 7.99. The fourth-order valence-electron chi connectivity index (χ4n) is 2.64. The van der Waals surface area contributed by atoms with Crippen LogP contribution in [0.15, 0.2) is 22.2 Å². The molecule has 0 saturated carbocycles. The number of fused-ring (bicyclic) bond motifs is 1. The number of carbonyl (C=O) groups excluding carboxylic acids is 1. The number of aromatic nitrogens is 2. The summed E-state index contributed by atoms with van der Waals surface area (Å²) in [4.78, 5) is 30.3. The van der Waals surface area contributed by atoms with Gasteiger partial charge in [0.1, 0.15) is 0 Å². The molecule has 1 aromatic heterocycles. The van der Waals surface area contributed by atoms with Gasteiger partial charge >= 0.3 is 0 Å². The number of amides is 1. The Hall–Kier alpha value is -1.34. The van der Waals surface area contributed by atoms with Gasteiger partial charge in [-0.3, -0.25) is 14.2 Å². The van der Waals surface area contributed by atoms with Crippen LogP contribution in [0.5, 0.6) is 0 Å². The highest BCUT2D eigenvalue weighted by Gasteiger charge is 2.31. The maximum Gasteiger partial charge on any atom is 0.254 e. The molecule has 0 aromatic carbocycles. The van der Waals surface area contributed by atoms with Gasteiger partial charge in [0.2, 0.25) is 5.91 Å². The Morgan fingerprint density at radius 1 is 1.40 bits per heavy atom. The Morgan fingerprint density at radius 3 is 2.90 bits per heavy atom. The van der Waals surface area contributed by atoms with Crippen molar-refractivity contribution in [2.75, 3.05) is 18.8 Å². The Kier molecular flexibility index (Phi) is 3.80. The van der Waals surface area contributed by atoms with E-state index in [0.717, 1.165) is 0 Å². The summed E-state index contributed by atoms with van der Waals surface area (Å²) in [7, 11) is 0. The van der Waals surface area contributed by atoms with Gasteiger partial charge in [-0.1, -0.05) is 11.8 Å². The lowest BCUT2D eigenvalue weighted by atomic mass is 10.0. The molecule has 0 aliphatic carbocycles. The van der Waals surface area contributed by atoms with Crippen LogP contribution in [0.4, 0.5) is 0 Å². The molecule has 1 fully saturated rings. The number of rotatable bonds is 1. The zero-order valence-electron chi connectivity index (χ0n) is 11.1. The summed E-state index contributed by atoms with van der Waals surface area (Å²) >= 11 is 1.46. The molecule has 1 amide bonds. The lowest BCUT2D eigenvalue weighted by Crippen LogP contribution is -2.46. The maximum absolute atomic E-state index is 12.5. The lowest BCUT2D eigenvalue weighted by molar-refractivity contribution is -0.137. The van der Waals surface area contributed by atoms with E-state index >= 15 is 0 Å². The number of hydrogen-bond donors (Lipinski definition) is 1. The molecule has 1 saturated heterocycles. The number of piperidine rings is 1. The van der Waals surface area contributed by atoms with Gasteiger partial charge in [0, 0.05) is 37.7 Å². The molecule has 1 atom stereocenters. The van der Waals surface area contributed by atoms with Crippen molar-refractivity contribution in [1.29, 1.82) is 0 Å². The molecule has 0 bridgehead atoms. The average molecular weight is 295 g/mol. The van der Waals surface area contributed by atoms with Crippen LogP contribution in [-0.4, -0.2) is 50.4 Å². The number of aliphatic hydroxyl groups excluding tert-OH is 1. The standard InChI is InChI=1S/C13H17N3O3S/c17-10-2-5-15(6-3-10)12(19)9-7-16-11(18)1-4-14-13(16)20-8-9/h1,4,9-10,17H,2-3,5-8H2. The van der Waals surface area contributed by atoms with Gasteiger partial charge < -0.3 is 10.0 Å². The first-order valence-electron chi connectivity index (χ1n) is 6.80. The molecular weight excluding hydrogens is 278 g/mol. The van der Waals surface area contributed by atoms with Crippen molar-refractivity contribution in [3.05, 3.63) is 22.6 Å². The van der Waals surface area contributed by atoms with E-state index in [4.69, 9.17) is 0 Å². The Balaban J connectivity index is 1.72. The van der Waals surface area contributed by atoms with Crippen molar-refractivity contribution in [3.63, 3.8) is 0 Å². The van der Waals surface area contributed by atoms with Crippen LogP contribution < -0.4 is 5.56 Å². The van der Waals surface area contributed by atoms with E-state index in [-0.39, 0.29) is 23.5 Å². The van der Waals surface area contributed by atoms with E-state index in [0.29, 0.717) is 43.4 Å². The molecule has 6 nitrogen and oxygen atoms in total. The molecule has 2 aliphatic heterocycles. The SMILES string of the molecule is O=C(C1CSc2nccc(=O)n2C1)N1CCC(O)CC1. The van der Waals surface area contributed by atoms with Crippen LogP contribution in [0.25, 0.3) is 0 Å². The topological polar surface area (TPSA) is 75.4 Å². The first-order chi connectivity index (χ1) is 9.65. The van der Waals surface area contributed by atoms with E-state index in [2.05, 4.69) is 4.98 Å². The molecule has 1 aromatic rings. The molecule has 0 radical (unpaired) electrons. The zero-order chi connectivity index (χ0) is 14.1. The molecule has 0 spiro atoms. The largest absolute Gasteiger partial charge is 0.393 e. The van der Waals surface area contributed by atoms with Gasteiger partial charge in [0.05, 0.1) is 12.0 Å². The Labute approximate surface area is 120 Å². The third kappa shape index (κ3) is 2.60. The molecule has 108 valence electrons. The fourth-order valence-corrected chi connectivity index (χ4v) is 3.70. The predicted octanol–water partition coefficient (Wildman–Crippen LogP) is -0.0515. The van der Waals surface area contributed by atoms with E-state index in [1.165, 1.54) is 24.0 Å². The van der Waals surface area contributed by atoms with Crippen molar-refractivity contribution in [2.45, 2.75) is 30.6 Å². The van der Waals surface area contributed by atoms with E-state index in [9.17, 15) is 14.7 Å². The first-order valence-corrected chi connectivity index (χ1v) is 7.79. The van der Waals surface area contributed by atoms with Crippen LogP contribution in [0, 0.1) is 5.92 Å². The number of likely N-dealkylation sites (tertiary alicyclic amines) is 1. The fraction of sp³-hybridized carbons (Fsp3) is 0.615. The predicted molar refractivity (Wildman–Crippen MR) is 74.5 cm³/mol. The van der Waals surface area contributed by atoms with Crippen LogP contribution in [0.2, 0.25) is 0 Å². The second-order valence-electron chi connectivity index (χ2n) is 5.24. The summed E-state index contributed by atoms with van der Waals surface area (Å²) in [5.74, 6) is 0.574. The van der Waals surface area contributed by atoms with Gasteiger partial charge in [0.25, 0.3) is 5.56 Å². The number of nitrogens with zero attached hydrogens (tertiary/aromatic N) is 3. The van der Waals surface area contributed by atoms with Crippen molar-refractivity contribution < 1.29 is 9.90 Å². The minimum Gasteiger partial charge on any atom is -0.393 e. The summed E-state index contributed by atoms with van der Waals surface area (Å²) in [5.41, 5.74) is -0.103. The van der Waals surface area contributed by atoms with Gasteiger partial charge in [0.15, 0.2) is 5.16 Å². The normalized spacial score (nSPS) is 23.4. The quantitative estimate of drug-likeness (QED) is 0.735. The van der Waals surface area contributed by atoms with Gasteiger partial charge in [-0.15, -0.1) is 0 Å². The second kappa shape index (κ2) is 5.57. The smallest absolute Gasteiger partial charge is 0.254 e. The first kappa shape index (κ1) is 13.6. The second-order valence-corrected chi connectivity index (χ2v) is 6.23. The molecule has 1 N–H and O–H groups in total. The van der Waals surface area contributed by atoms with Gasteiger partial charge in [-0.2, -0.15) is 0 Å². The molecule has 3 rings (SSSR count). The minimum absolute atomic E-state index is 0.0887. The summed E-state index contributed by atoms with van der Waals surface area (Å²) in [5, 5.41) is 10.2. The zero-order valence-corrected chi connectivity index (χ0v) is 11.9. The van der Waals surface area contributed by atoms with Crippen molar-refractivity contribution >= 4 is 17.7 Å². The lowest BCUT2D eigenvalue weighted by Gasteiger charge is -2.33. The van der Waals surface area contributed by atoms with Gasteiger partial charge in [-0.25, -0.2) is 4.98 Å². The maximum atomic E-state index is 12.5. The number of hydrogen-bond acceptors (Lipinski definition) is 5. The molecular formula is C13H17N3O3S.